The van der Waals surface area contributed by atoms with Gasteiger partial charge < -0.3 is 9.72 Å². The molecule has 0 saturated heterocycles. The predicted octanol–water partition coefficient (Wildman–Crippen LogP) is 2.54. The van der Waals surface area contributed by atoms with Gasteiger partial charge in [0.15, 0.2) is 0 Å². The van der Waals surface area contributed by atoms with Crippen molar-refractivity contribution in [2.75, 3.05) is 5.32 Å². The molecule has 0 unspecified atom stereocenters. The lowest BCUT2D eigenvalue weighted by Crippen LogP contribution is -2.23. The largest absolute Gasteiger partial charge is 0.472 e. The third-order valence-electron chi connectivity index (χ3n) is 2.34. The highest BCUT2D eigenvalue weighted by Gasteiger charge is 2.14. The molecule has 0 aliphatic rings. The predicted molar refractivity (Wildman–Crippen MR) is 75.9 cm³/mol. The number of rotatable bonds is 3. The molecule has 2 rings (SSSR count). The number of aromatic nitrogens is 3. The first-order valence-corrected chi connectivity index (χ1v) is 6.31. The molecule has 0 fully saturated rings. The van der Waals surface area contributed by atoms with Crippen molar-refractivity contribution in [2.45, 2.75) is 33.3 Å². The fourth-order valence-corrected chi connectivity index (χ4v) is 1.54. The highest BCUT2D eigenvalue weighted by molar-refractivity contribution is 6.03. The van der Waals surface area contributed by atoms with Gasteiger partial charge in [-0.1, -0.05) is 0 Å². The molecule has 0 saturated carbocycles. The lowest BCUT2D eigenvalue weighted by atomic mass is 10.2. The van der Waals surface area contributed by atoms with E-state index in [-0.39, 0.29) is 11.5 Å². The molecule has 0 radical (unpaired) electrons. The first kappa shape index (κ1) is 14.0. The van der Waals surface area contributed by atoms with E-state index in [0.717, 1.165) is 5.69 Å². The molecule has 1 amide bonds. The van der Waals surface area contributed by atoms with Crippen molar-refractivity contribution < 1.29 is 9.53 Å². The summed E-state index contributed by atoms with van der Waals surface area (Å²) in [5.74, 6) is 0.638. The van der Waals surface area contributed by atoms with Gasteiger partial charge in [0.25, 0.3) is 5.91 Å². The number of nitrogens with one attached hydrogen (secondary N) is 2. The number of carbonyl (C=O) groups is 1. The first-order valence-electron chi connectivity index (χ1n) is 6.31. The molecular formula is C14H18N4O2. The molecule has 0 aliphatic heterocycles. The highest BCUT2D eigenvalue weighted by atomic mass is 16.5. The van der Waals surface area contributed by atoms with Crippen molar-refractivity contribution in [1.29, 1.82) is 0 Å². The van der Waals surface area contributed by atoms with E-state index < -0.39 is 0 Å². The molecule has 6 heteroatoms. The normalized spacial score (nSPS) is 11.2. The lowest BCUT2D eigenvalue weighted by Gasteiger charge is -2.20. The molecule has 2 aromatic heterocycles. The number of nitrogens with zero attached hydrogens (tertiary/aromatic N) is 2. The number of hydrogen-bond acceptors (Lipinski definition) is 4. The van der Waals surface area contributed by atoms with Crippen LogP contribution in [0.15, 0.2) is 24.5 Å². The minimum absolute atomic E-state index is 0.269. The Morgan fingerprint density at radius 2 is 2.00 bits per heavy atom. The molecule has 2 heterocycles. The molecule has 2 aromatic rings. The number of hydrogen-bond donors (Lipinski definition) is 2. The van der Waals surface area contributed by atoms with Crippen LogP contribution in [0.4, 0.5) is 5.95 Å². The average molecular weight is 274 g/mol. The van der Waals surface area contributed by atoms with E-state index in [1.807, 2.05) is 27.7 Å². The summed E-state index contributed by atoms with van der Waals surface area (Å²) < 4.78 is 5.60. The molecule has 0 atom stereocenters. The Morgan fingerprint density at radius 3 is 2.50 bits per heavy atom. The first-order chi connectivity index (χ1) is 9.33. The van der Waals surface area contributed by atoms with Crippen LogP contribution in [-0.4, -0.2) is 26.5 Å². The number of carbonyl (C=O) groups excluding carboxylic acids is 1. The molecular weight excluding hydrogens is 256 g/mol. The SMILES string of the molecule is Cc1cnc(NC(=O)c2ccc(OC(C)(C)C)nc2)[nH]1. The lowest BCUT2D eigenvalue weighted by molar-refractivity contribution is 0.102. The van der Waals surface area contributed by atoms with Gasteiger partial charge in [0.05, 0.1) is 5.56 Å². The number of amides is 1. The average Bonchev–Trinajstić information content (AvgIpc) is 2.73. The van der Waals surface area contributed by atoms with Crippen LogP contribution in [-0.2, 0) is 0 Å². The summed E-state index contributed by atoms with van der Waals surface area (Å²) in [5, 5.41) is 2.66. The molecule has 0 aromatic carbocycles. The van der Waals surface area contributed by atoms with Gasteiger partial charge in [0.1, 0.15) is 5.60 Å². The van der Waals surface area contributed by atoms with Crippen molar-refractivity contribution in [3.63, 3.8) is 0 Å². The van der Waals surface area contributed by atoms with Gasteiger partial charge in [-0.3, -0.25) is 10.1 Å². The quantitative estimate of drug-likeness (QED) is 0.901. The van der Waals surface area contributed by atoms with Crippen molar-refractivity contribution in [1.82, 2.24) is 15.0 Å². The van der Waals surface area contributed by atoms with Crippen LogP contribution in [0.25, 0.3) is 0 Å². The Balaban J connectivity index is 2.04. The topological polar surface area (TPSA) is 79.9 Å². The summed E-state index contributed by atoms with van der Waals surface area (Å²) in [7, 11) is 0. The van der Waals surface area contributed by atoms with E-state index in [2.05, 4.69) is 20.3 Å². The van der Waals surface area contributed by atoms with E-state index in [0.29, 0.717) is 17.4 Å². The second-order valence-electron chi connectivity index (χ2n) is 5.47. The van der Waals surface area contributed by atoms with Gasteiger partial charge in [-0.05, 0) is 33.8 Å². The summed E-state index contributed by atoms with van der Waals surface area (Å²) in [5.41, 5.74) is 1.01. The molecule has 106 valence electrons. The van der Waals surface area contributed by atoms with Gasteiger partial charge in [-0.15, -0.1) is 0 Å². The maximum Gasteiger partial charge on any atom is 0.259 e. The van der Waals surface area contributed by atoms with Crippen molar-refractivity contribution in [3.05, 3.63) is 35.8 Å². The highest BCUT2D eigenvalue weighted by Crippen LogP contribution is 2.15. The zero-order chi connectivity index (χ0) is 14.8. The van der Waals surface area contributed by atoms with Crippen LogP contribution in [0.3, 0.4) is 0 Å². The number of aryl methyl sites for hydroxylation is 1. The molecule has 20 heavy (non-hydrogen) atoms. The number of H-pyrrole nitrogens is 1. The van der Waals surface area contributed by atoms with E-state index in [4.69, 9.17) is 4.74 Å². The van der Waals surface area contributed by atoms with E-state index in [1.54, 1.807) is 18.3 Å². The van der Waals surface area contributed by atoms with Crippen LogP contribution >= 0.6 is 0 Å². The monoisotopic (exact) mass is 274 g/mol. The number of aromatic amines is 1. The van der Waals surface area contributed by atoms with Gasteiger partial charge in [-0.25, -0.2) is 9.97 Å². The van der Waals surface area contributed by atoms with Crippen molar-refractivity contribution >= 4 is 11.9 Å². The third-order valence-corrected chi connectivity index (χ3v) is 2.34. The Kier molecular flexibility index (Phi) is 3.74. The van der Waals surface area contributed by atoms with Gasteiger partial charge in [-0.2, -0.15) is 0 Å². The maximum absolute atomic E-state index is 12.0. The third kappa shape index (κ3) is 3.81. The summed E-state index contributed by atoms with van der Waals surface area (Å²) in [6.07, 6.45) is 3.13. The van der Waals surface area contributed by atoms with E-state index >= 15 is 0 Å². The van der Waals surface area contributed by atoms with Crippen LogP contribution in [0, 0.1) is 6.92 Å². The fraction of sp³-hybridized carbons (Fsp3) is 0.357. The van der Waals surface area contributed by atoms with Gasteiger partial charge >= 0.3 is 0 Å². The zero-order valence-corrected chi connectivity index (χ0v) is 12.0. The Bertz CT molecular complexity index is 596. The molecule has 2 N–H and O–H groups in total. The van der Waals surface area contributed by atoms with E-state index in [1.165, 1.54) is 6.20 Å². The number of ether oxygens (including phenoxy) is 1. The fourth-order valence-electron chi connectivity index (χ4n) is 1.54. The van der Waals surface area contributed by atoms with Crippen LogP contribution in [0.5, 0.6) is 5.88 Å². The van der Waals surface area contributed by atoms with Crippen molar-refractivity contribution in [3.8, 4) is 5.88 Å². The van der Waals surface area contributed by atoms with Crippen LogP contribution in [0.1, 0.15) is 36.8 Å². The summed E-state index contributed by atoms with van der Waals surface area (Å²) >= 11 is 0. The zero-order valence-electron chi connectivity index (χ0n) is 12.0. The maximum atomic E-state index is 12.0. The number of pyridine rings is 1. The Labute approximate surface area is 117 Å². The summed E-state index contributed by atoms with van der Waals surface area (Å²) in [6, 6.07) is 3.34. The molecule has 0 spiro atoms. The van der Waals surface area contributed by atoms with Crippen molar-refractivity contribution in [2.24, 2.45) is 0 Å². The standard InChI is InChI=1S/C14H18N4O2/c1-9-7-16-13(17-9)18-12(19)10-5-6-11(15-8-10)20-14(2,3)4/h5-8H,1-4H3,(H2,16,17,18,19). The van der Waals surface area contributed by atoms with E-state index in [9.17, 15) is 4.79 Å². The summed E-state index contributed by atoms with van der Waals surface area (Å²) in [4.78, 5) is 23.0. The minimum Gasteiger partial charge on any atom is -0.472 e. The number of anilines is 1. The number of imidazole rings is 1. The molecule has 0 bridgehead atoms. The van der Waals surface area contributed by atoms with Crippen LogP contribution in [0.2, 0.25) is 0 Å². The Hall–Kier alpha value is -2.37. The smallest absolute Gasteiger partial charge is 0.259 e. The summed E-state index contributed by atoms with van der Waals surface area (Å²) in [6.45, 7) is 7.68. The molecule has 0 aliphatic carbocycles. The second-order valence-corrected chi connectivity index (χ2v) is 5.47. The molecule has 6 nitrogen and oxygen atoms in total. The van der Waals surface area contributed by atoms with Crippen LogP contribution < -0.4 is 10.1 Å². The second kappa shape index (κ2) is 5.32. The minimum atomic E-state index is -0.317. The Morgan fingerprint density at radius 1 is 1.25 bits per heavy atom. The van der Waals surface area contributed by atoms with Gasteiger partial charge in [0, 0.05) is 24.2 Å². The van der Waals surface area contributed by atoms with Gasteiger partial charge in [0.2, 0.25) is 11.8 Å².